The van der Waals surface area contributed by atoms with Crippen molar-refractivity contribution in [2.45, 2.75) is 43.8 Å². The SMILES string of the molecule is c1cnc(NC2C[C@H]3CC[C@@H](C2)N3)nc1. The van der Waals surface area contributed by atoms with Gasteiger partial charge in [-0.15, -0.1) is 0 Å². The van der Waals surface area contributed by atoms with Gasteiger partial charge in [0.05, 0.1) is 0 Å². The summed E-state index contributed by atoms with van der Waals surface area (Å²) in [5.74, 6) is 0.767. The number of fused-ring (bicyclic) bond motifs is 2. The van der Waals surface area contributed by atoms with Crippen LogP contribution in [0.15, 0.2) is 18.5 Å². The highest BCUT2D eigenvalue weighted by Crippen LogP contribution is 2.27. The van der Waals surface area contributed by atoms with Crippen LogP contribution in [0.4, 0.5) is 5.95 Å². The maximum atomic E-state index is 4.20. The van der Waals surface area contributed by atoms with Gasteiger partial charge >= 0.3 is 0 Å². The van der Waals surface area contributed by atoms with Crippen LogP contribution in [-0.2, 0) is 0 Å². The fourth-order valence-electron chi connectivity index (χ4n) is 2.73. The van der Waals surface area contributed by atoms with Crippen molar-refractivity contribution in [3.05, 3.63) is 18.5 Å². The molecule has 80 valence electrons. The van der Waals surface area contributed by atoms with Crippen LogP contribution in [0.3, 0.4) is 0 Å². The van der Waals surface area contributed by atoms with Gasteiger partial charge in [-0.3, -0.25) is 0 Å². The molecule has 15 heavy (non-hydrogen) atoms. The minimum absolute atomic E-state index is 0.547. The molecule has 0 spiro atoms. The number of piperidine rings is 1. The Morgan fingerprint density at radius 3 is 2.47 bits per heavy atom. The van der Waals surface area contributed by atoms with Gasteiger partial charge in [0.1, 0.15) is 0 Å². The van der Waals surface area contributed by atoms with Crippen LogP contribution in [0, 0.1) is 0 Å². The van der Waals surface area contributed by atoms with E-state index in [1.54, 1.807) is 12.4 Å². The fraction of sp³-hybridized carbons (Fsp3) is 0.636. The summed E-state index contributed by atoms with van der Waals surface area (Å²) in [6, 6.07) is 3.82. The minimum Gasteiger partial charge on any atom is -0.351 e. The molecule has 0 aromatic carbocycles. The van der Waals surface area contributed by atoms with Crippen molar-refractivity contribution in [1.29, 1.82) is 0 Å². The van der Waals surface area contributed by atoms with Crippen LogP contribution in [0.5, 0.6) is 0 Å². The third kappa shape index (κ3) is 1.95. The second-order valence-corrected chi connectivity index (χ2v) is 4.52. The second-order valence-electron chi connectivity index (χ2n) is 4.52. The summed E-state index contributed by atoms with van der Waals surface area (Å²) in [5, 5.41) is 7.04. The molecule has 2 aliphatic heterocycles. The number of nitrogens with zero attached hydrogens (tertiary/aromatic N) is 2. The Balaban J connectivity index is 1.65. The van der Waals surface area contributed by atoms with Gasteiger partial charge in [-0.05, 0) is 31.7 Å². The average Bonchev–Trinajstić information content (AvgIpc) is 2.60. The third-order valence-electron chi connectivity index (χ3n) is 3.37. The zero-order valence-corrected chi connectivity index (χ0v) is 8.69. The van der Waals surface area contributed by atoms with Crippen LogP contribution >= 0.6 is 0 Å². The molecule has 3 rings (SSSR count). The summed E-state index contributed by atoms with van der Waals surface area (Å²) in [7, 11) is 0. The Hall–Kier alpha value is -1.16. The zero-order chi connectivity index (χ0) is 10.1. The summed E-state index contributed by atoms with van der Waals surface area (Å²) in [6.07, 6.45) is 8.64. The Morgan fingerprint density at radius 2 is 1.80 bits per heavy atom. The molecule has 0 saturated carbocycles. The van der Waals surface area contributed by atoms with Crippen molar-refractivity contribution in [2.24, 2.45) is 0 Å². The Kier molecular flexibility index (Phi) is 2.29. The first-order valence-electron chi connectivity index (χ1n) is 5.70. The van der Waals surface area contributed by atoms with Gasteiger partial charge in [0.15, 0.2) is 0 Å². The van der Waals surface area contributed by atoms with Crippen molar-refractivity contribution in [2.75, 3.05) is 5.32 Å². The first kappa shape index (κ1) is 9.09. The molecule has 2 fully saturated rings. The van der Waals surface area contributed by atoms with Crippen LogP contribution in [0.25, 0.3) is 0 Å². The van der Waals surface area contributed by atoms with E-state index < -0.39 is 0 Å². The van der Waals surface area contributed by atoms with Crippen molar-refractivity contribution in [3.8, 4) is 0 Å². The highest BCUT2D eigenvalue weighted by Gasteiger charge is 2.33. The Labute approximate surface area is 89.5 Å². The molecule has 2 aliphatic rings. The number of aromatic nitrogens is 2. The van der Waals surface area contributed by atoms with E-state index in [1.807, 2.05) is 6.07 Å². The summed E-state index contributed by atoms with van der Waals surface area (Å²) < 4.78 is 0. The highest BCUT2D eigenvalue weighted by molar-refractivity contribution is 5.25. The smallest absolute Gasteiger partial charge is 0.222 e. The Morgan fingerprint density at radius 1 is 1.13 bits per heavy atom. The first-order chi connectivity index (χ1) is 7.40. The van der Waals surface area contributed by atoms with Gasteiger partial charge in [-0.1, -0.05) is 0 Å². The summed E-state index contributed by atoms with van der Waals surface area (Å²) >= 11 is 0. The first-order valence-corrected chi connectivity index (χ1v) is 5.70. The molecule has 2 N–H and O–H groups in total. The van der Waals surface area contributed by atoms with Crippen molar-refractivity contribution >= 4 is 5.95 Å². The molecule has 0 amide bonds. The molecular weight excluding hydrogens is 188 g/mol. The number of hydrogen-bond donors (Lipinski definition) is 2. The lowest BCUT2D eigenvalue weighted by molar-refractivity contribution is 0.377. The summed E-state index contributed by atoms with van der Waals surface area (Å²) in [4.78, 5) is 8.40. The van der Waals surface area contributed by atoms with Crippen molar-refractivity contribution in [3.63, 3.8) is 0 Å². The number of anilines is 1. The molecular formula is C11H16N4. The molecule has 3 heterocycles. The third-order valence-corrected chi connectivity index (χ3v) is 3.37. The Bertz CT molecular complexity index is 315. The highest BCUT2D eigenvalue weighted by atomic mass is 15.1. The lowest BCUT2D eigenvalue weighted by atomic mass is 10.0. The lowest BCUT2D eigenvalue weighted by Gasteiger charge is -2.29. The predicted molar refractivity (Wildman–Crippen MR) is 58.6 cm³/mol. The zero-order valence-electron chi connectivity index (χ0n) is 8.69. The van der Waals surface area contributed by atoms with E-state index in [4.69, 9.17) is 0 Å². The lowest BCUT2D eigenvalue weighted by Crippen LogP contribution is -2.43. The number of hydrogen-bond acceptors (Lipinski definition) is 4. The summed E-state index contributed by atoms with van der Waals surface area (Å²) in [5.41, 5.74) is 0. The van der Waals surface area contributed by atoms with Gasteiger partial charge < -0.3 is 10.6 Å². The average molecular weight is 204 g/mol. The van der Waals surface area contributed by atoms with Gasteiger partial charge in [-0.25, -0.2) is 9.97 Å². The van der Waals surface area contributed by atoms with Gasteiger partial charge in [0.2, 0.25) is 5.95 Å². The van der Waals surface area contributed by atoms with E-state index in [9.17, 15) is 0 Å². The minimum atomic E-state index is 0.547. The van der Waals surface area contributed by atoms with E-state index in [0.717, 1.165) is 5.95 Å². The maximum Gasteiger partial charge on any atom is 0.222 e. The standard InChI is InChI=1S/C11H16N4/c1-4-12-11(13-5-1)15-10-6-8-2-3-9(7-10)14-8/h1,4-5,8-10,14H,2-3,6-7H2,(H,12,13,15)/t8-,9+,10?. The van der Waals surface area contributed by atoms with Gasteiger partial charge in [-0.2, -0.15) is 0 Å². The van der Waals surface area contributed by atoms with E-state index >= 15 is 0 Å². The van der Waals surface area contributed by atoms with E-state index in [1.165, 1.54) is 25.7 Å². The largest absolute Gasteiger partial charge is 0.351 e. The topological polar surface area (TPSA) is 49.8 Å². The van der Waals surface area contributed by atoms with Crippen LogP contribution < -0.4 is 10.6 Å². The molecule has 3 atom stereocenters. The van der Waals surface area contributed by atoms with E-state index in [2.05, 4.69) is 20.6 Å². The second kappa shape index (κ2) is 3.77. The number of rotatable bonds is 2. The van der Waals surface area contributed by atoms with Crippen LogP contribution in [-0.4, -0.2) is 28.1 Å². The molecule has 1 aromatic heterocycles. The quantitative estimate of drug-likeness (QED) is 0.759. The molecule has 1 aromatic rings. The van der Waals surface area contributed by atoms with Crippen molar-refractivity contribution in [1.82, 2.24) is 15.3 Å². The monoisotopic (exact) mass is 204 g/mol. The van der Waals surface area contributed by atoms with Crippen LogP contribution in [0.1, 0.15) is 25.7 Å². The van der Waals surface area contributed by atoms with Gasteiger partial charge in [0.25, 0.3) is 0 Å². The van der Waals surface area contributed by atoms with Gasteiger partial charge in [0, 0.05) is 30.5 Å². The summed E-state index contributed by atoms with van der Waals surface area (Å²) in [6.45, 7) is 0. The maximum absolute atomic E-state index is 4.20. The predicted octanol–water partition coefficient (Wildman–Crippen LogP) is 1.17. The fourth-order valence-corrected chi connectivity index (χ4v) is 2.73. The van der Waals surface area contributed by atoms with E-state index in [0.29, 0.717) is 18.1 Å². The molecule has 2 bridgehead atoms. The molecule has 4 nitrogen and oxygen atoms in total. The molecule has 0 radical (unpaired) electrons. The molecule has 0 aliphatic carbocycles. The number of nitrogens with one attached hydrogen (secondary N) is 2. The van der Waals surface area contributed by atoms with E-state index in [-0.39, 0.29) is 0 Å². The van der Waals surface area contributed by atoms with Crippen molar-refractivity contribution < 1.29 is 0 Å². The molecule has 1 unspecified atom stereocenters. The molecule has 2 saturated heterocycles. The normalized spacial score (nSPS) is 34.0. The van der Waals surface area contributed by atoms with Crippen LogP contribution in [0.2, 0.25) is 0 Å². The molecule has 4 heteroatoms.